The Morgan fingerprint density at radius 1 is 1.38 bits per heavy atom. The first-order valence-electron chi connectivity index (χ1n) is 4.50. The fourth-order valence-electron chi connectivity index (χ4n) is 0.815. The lowest BCUT2D eigenvalue weighted by Gasteiger charge is -2.21. The van der Waals surface area contributed by atoms with E-state index in [0.29, 0.717) is 5.13 Å². The van der Waals surface area contributed by atoms with E-state index in [1.54, 1.807) is 7.05 Å². The molecule has 2 amide bonds. The summed E-state index contributed by atoms with van der Waals surface area (Å²) in [7, 11) is 1.68. The summed E-state index contributed by atoms with van der Waals surface area (Å²) in [5, 5.41) is 13.3. The Bertz CT molecular complexity index is 414. The zero-order valence-electron chi connectivity index (χ0n) is 9.20. The summed E-state index contributed by atoms with van der Waals surface area (Å²) in [6, 6.07) is 0. The highest BCUT2D eigenvalue weighted by Crippen LogP contribution is 2.14. The highest BCUT2D eigenvalue weighted by atomic mass is 32.1. The van der Waals surface area contributed by atoms with Crippen LogP contribution in [0.2, 0.25) is 0 Å². The molecule has 0 fully saturated rings. The maximum absolute atomic E-state index is 11.7. The topological polar surface area (TPSA) is 110 Å². The third-order valence-corrected chi connectivity index (χ3v) is 2.81. The molecule has 0 bridgehead atoms. The third kappa shape index (κ3) is 2.66. The number of hydrogen-bond acceptors (Lipinski definition) is 6. The van der Waals surface area contributed by atoms with Gasteiger partial charge in [0.1, 0.15) is 5.54 Å². The van der Waals surface area contributed by atoms with Crippen molar-refractivity contribution in [3.05, 3.63) is 5.01 Å². The van der Waals surface area contributed by atoms with Crippen LogP contribution in [0, 0.1) is 0 Å². The van der Waals surface area contributed by atoms with Crippen molar-refractivity contribution in [3.8, 4) is 0 Å². The predicted octanol–water partition coefficient (Wildman–Crippen LogP) is -0.427. The van der Waals surface area contributed by atoms with E-state index >= 15 is 0 Å². The standard InChI is InChI=1S/C8H13N5O2S/c1-8(2,6(9)15)11-4(14)5-12-13-7(10-3)16-5/h1-3H3,(H2,9,15)(H,10,13)(H,11,14). The van der Waals surface area contributed by atoms with Crippen LogP contribution in [0.5, 0.6) is 0 Å². The highest BCUT2D eigenvalue weighted by molar-refractivity contribution is 7.17. The van der Waals surface area contributed by atoms with Gasteiger partial charge in [0.05, 0.1) is 0 Å². The van der Waals surface area contributed by atoms with Gasteiger partial charge in [-0.15, -0.1) is 10.2 Å². The molecule has 0 aliphatic rings. The molecule has 0 saturated carbocycles. The van der Waals surface area contributed by atoms with Crippen LogP contribution in [-0.4, -0.2) is 34.6 Å². The van der Waals surface area contributed by atoms with Crippen LogP contribution in [-0.2, 0) is 4.79 Å². The highest BCUT2D eigenvalue weighted by Gasteiger charge is 2.28. The zero-order valence-corrected chi connectivity index (χ0v) is 10.0. The number of anilines is 1. The zero-order chi connectivity index (χ0) is 12.3. The van der Waals surface area contributed by atoms with Crippen LogP contribution in [0.4, 0.5) is 5.13 Å². The van der Waals surface area contributed by atoms with E-state index < -0.39 is 17.4 Å². The van der Waals surface area contributed by atoms with Gasteiger partial charge in [0.15, 0.2) is 0 Å². The van der Waals surface area contributed by atoms with Crippen molar-refractivity contribution in [2.45, 2.75) is 19.4 Å². The van der Waals surface area contributed by atoms with Gasteiger partial charge in [-0.1, -0.05) is 11.3 Å². The van der Waals surface area contributed by atoms with Gasteiger partial charge in [-0.3, -0.25) is 9.59 Å². The molecule has 0 aliphatic heterocycles. The lowest BCUT2D eigenvalue weighted by molar-refractivity contribution is -0.122. The van der Waals surface area contributed by atoms with Crippen molar-refractivity contribution in [1.82, 2.24) is 15.5 Å². The van der Waals surface area contributed by atoms with Gasteiger partial charge in [0.25, 0.3) is 5.91 Å². The van der Waals surface area contributed by atoms with Crippen molar-refractivity contribution < 1.29 is 9.59 Å². The van der Waals surface area contributed by atoms with Crippen LogP contribution in [0.15, 0.2) is 0 Å². The Hall–Kier alpha value is -1.70. The molecular weight excluding hydrogens is 230 g/mol. The summed E-state index contributed by atoms with van der Waals surface area (Å²) >= 11 is 1.10. The molecular formula is C8H13N5O2S. The number of primary amides is 1. The largest absolute Gasteiger partial charge is 0.368 e. The number of nitrogens with one attached hydrogen (secondary N) is 2. The Balaban J connectivity index is 2.76. The van der Waals surface area contributed by atoms with E-state index in [2.05, 4.69) is 20.8 Å². The molecule has 8 heteroatoms. The van der Waals surface area contributed by atoms with Gasteiger partial charge in [-0.05, 0) is 13.8 Å². The number of rotatable bonds is 4. The van der Waals surface area contributed by atoms with Crippen LogP contribution in [0.3, 0.4) is 0 Å². The molecule has 16 heavy (non-hydrogen) atoms. The number of carbonyl (C=O) groups is 2. The van der Waals surface area contributed by atoms with Gasteiger partial charge in [0.2, 0.25) is 16.0 Å². The quantitative estimate of drug-likeness (QED) is 0.665. The molecule has 7 nitrogen and oxygen atoms in total. The number of nitrogens with zero attached hydrogens (tertiary/aromatic N) is 2. The summed E-state index contributed by atoms with van der Waals surface area (Å²) in [4.78, 5) is 22.7. The molecule has 1 aromatic rings. The fraction of sp³-hybridized carbons (Fsp3) is 0.500. The molecule has 1 aromatic heterocycles. The summed E-state index contributed by atoms with van der Waals surface area (Å²) in [6.07, 6.45) is 0. The molecule has 0 aromatic carbocycles. The van der Waals surface area contributed by atoms with Gasteiger partial charge in [-0.2, -0.15) is 0 Å². The molecule has 1 heterocycles. The van der Waals surface area contributed by atoms with Gasteiger partial charge in [0, 0.05) is 7.05 Å². The van der Waals surface area contributed by atoms with E-state index in [-0.39, 0.29) is 5.01 Å². The normalized spacial score (nSPS) is 10.9. The Kier molecular flexibility index (Phi) is 3.43. The number of hydrogen-bond donors (Lipinski definition) is 3. The molecule has 88 valence electrons. The predicted molar refractivity (Wildman–Crippen MR) is 60.2 cm³/mol. The monoisotopic (exact) mass is 243 g/mol. The van der Waals surface area contributed by atoms with Gasteiger partial charge in [-0.25, -0.2) is 0 Å². The molecule has 1 rings (SSSR count). The number of aromatic nitrogens is 2. The average Bonchev–Trinajstić information content (AvgIpc) is 2.64. The van der Waals surface area contributed by atoms with E-state index in [9.17, 15) is 9.59 Å². The summed E-state index contributed by atoms with van der Waals surface area (Å²) in [5.41, 5.74) is 4.02. The lowest BCUT2D eigenvalue weighted by atomic mass is 10.1. The second-order valence-electron chi connectivity index (χ2n) is 3.61. The molecule has 0 unspecified atom stereocenters. The first kappa shape index (κ1) is 12.4. The van der Waals surface area contributed by atoms with Crippen LogP contribution in [0.1, 0.15) is 23.6 Å². The Morgan fingerprint density at radius 3 is 2.44 bits per heavy atom. The van der Waals surface area contributed by atoms with Crippen molar-refractivity contribution in [2.24, 2.45) is 5.73 Å². The third-order valence-electron chi connectivity index (χ3n) is 1.88. The molecule has 0 saturated heterocycles. The van der Waals surface area contributed by atoms with E-state index in [1.165, 1.54) is 13.8 Å². The second-order valence-corrected chi connectivity index (χ2v) is 4.58. The lowest BCUT2D eigenvalue weighted by Crippen LogP contribution is -2.53. The molecule has 0 atom stereocenters. The first-order chi connectivity index (χ1) is 7.36. The molecule has 4 N–H and O–H groups in total. The fourth-order valence-corrected chi connectivity index (χ4v) is 1.41. The van der Waals surface area contributed by atoms with Gasteiger partial charge < -0.3 is 16.4 Å². The second kappa shape index (κ2) is 4.44. The van der Waals surface area contributed by atoms with Gasteiger partial charge >= 0.3 is 0 Å². The van der Waals surface area contributed by atoms with Crippen molar-refractivity contribution in [3.63, 3.8) is 0 Å². The minimum Gasteiger partial charge on any atom is -0.368 e. The Morgan fingerprint density at radius 2 is 2.00 bits per heavy atom. The van der Waals surface area contributed by atoms with Crippen LogP contribution >= 0.6 is 11.3 Å². The SMILES string of the molecule is CNc1nnc(C(=O)NC(C)(C)C(N)=O)s1. The number of nitrogens with two attached hydrogens (primary N) is 1. The van der Waals surface area contributed by atoms with Crippen LogP contribution in [0.25, 0.3) is 0 Å². The smallest absolute Gasteiger partial charge is 0.283 e. The summed E-state index contributed by atoms with van der Waals surface area (Å²) in [5.74, 6) is -1.08. The first-order valence-corrected chi connectivity index (χ1v) is 5.32. The summed E-state index contributed by atoms with van der Waals surface area (Å²) in [6.45, 7) is 3.04. The maximum Gasteiger partial charge on any atom is 0.283 e. The van der Waals surface area contributed by atoms with E-state index in [1.807, 2.05) is 0 Å². The number of amides is 2. The van der Waals surface area contributed by atoms with Crippen molar-refractivity contribution in [1.29, 1.82) is 0 Å². The minimum atomic E-state index is -1.11. The van der Waals surface area contributed by atoms with Crippen LogP contribution < -0.4 is 16.4 Å². The van der Waals surface area contributed by atoms with E-state index in [0.717, 1.165) is 11.3 Å². The summed E-state index contributed by atoms with van der Waals surface area (Å²) < 4.78 is 0. The Labute approximate surface area is 96.4 Å². The average molecular weight is 243 g/mol. The van der Waals surface area contributed by atoms with Crippen molar-refractivity contribution >= 4 is 28.3 Å². The maximum atomic E-state index is 11.7. The molecule has 0 spiro atoms. The minimum absolute atomic E-state index is 0.179. The number of carbonyl (C=O) groups excluding carboxylic acids is 2. The van der Waals surface area contributed by atoms with E-state index in [4.69, 9.17) is 5.73 Å². The molecule has 0 radical (unpaired) electrons. The molecule has 0 aliphatic carbocycles. The van der Waals surface area contributed by atoms with Crippen molar-refractivity contribution in [2.75, 3.05) is 12.4 Å².